The van der Waals surface area contributed by atoms with Crippen molar-refractivity contribution in [2.75, 3.05) is 0 Å². The summed E-state index contributed by atoms with van der Waals surface area (Å²) in [4.78, 5) is 13.9. The highest BCUT2D eigenvalue weighted by atomic mass is 32.2. The summed E-state index contributed by atoms with van der Waals surface area (Å²) in [6.07, 6.45) is 0. The summed E-state index contributed by atoms with van der Waals surface area (Å²) in [5.74, 6) is 0. The number of nitrogens with zero attached hydrogens (tertiary/aromatic N) is 1. The Morgan fingerprint density at radius 3 is 2.43 bits per heavy atom. The number of carbonyl (C=O) groups excluding carboxylic acids is 1. The average molecular weight is 366 g/mol. The van der Waals surface area contributed by atoms with Gasteiger partial charge in [-0.1, -0.05) is 47.0 Å². The average Bonchev–Trinajstić information content (AvgIpc) is 3.19. The van der Waals surface area contributed by atoms with Crippen molar-refractivity contribution in [3.05, 3.63) is 59.4 Å². The minimum atomic E-state index is 0.0498. The summed E-state index contributed by atoms with van der Waals surface area (Å²) >= 11 is 7.76. The van der Waals surface area contributed by atoms with Gasteiger partial charge in [-0.3, -0.25) is 4.79 Å². The van der Waals surface area contributed by atoms with Crippen LogP contribution >= 0.6 is 58.8 Å². The SMILES string of the molecule is N#Cc1ccc(SC(=O)C2=CSC(=C3SC=CS3)S2)cc1. The zero-order chi connectivity index (χ0) is 14.7. The maximum Gasteiger partial charge on any atom is 0.231 e. The van der Waals surface area contributed by atoms with Crippen LogP contribution in [0.3, 0.4) is 0 Å². The molecule has 0 N–H and O–H groups in total. The molecule has 2 aliphatic heterocycles. The third-order valence-electron chi connectivity index (χ3n) is 2.44. The van der Waals surface area contributed by atoms with E-state index in [1.54, 1.807) is 71.3 Å². The van der Waals surface area contributed by atoms with Crippen molar-refractivity contribution in [1.82, 2.24) is 0 Å². The Balaban J connectivity index is 1.64. The van der Waals surface area contributed by atoms with Crippen molar-refractivity contribution in [3.8, 4) is 6.07 Å². The van der Waals surface area contributed by atoms with Gasteiger partial charge >= 0.3 is 0 Å². The van der Waals surface area contributed by atoms with Crippen molar-refractivity contribution >= 4 is 63.9 Å². The van der Waals surface area contributed by atoms with E-state index in [1.165, 1.54) is 20.2 Å². The number of rotatable bonds is 2. The van der Waals surface area contributed by atoms with E-state index in [0.29, 0.717) is 5.56 Å². The van der Waals surface area contributed by atoms with E-state index >= 15 is 0 Å². The Morgan fingerprint density at radius 1 is 1.05 bits per heavy atom. The largest absolute Gasteiger partial charge is 0.281 e. The fourth-order valence-corrected chi connectivity index (χ4v) is 6.75. The van der Waals surface area contributed by atoms with Crippen molar-refractivity contribution in [2.24, 2.45) is 0 Å². The Labute approximate surface area is 143 Å². The van der Waals surface area contributed by atoms with Crippen molar-refractivity contribution < 1.29 is 4.79 Å². The first-order valence-corrected chi connectivity index (χ1v) is 10.0. The molecule has 1 aromatic rings. The maximum atomic E-state index is 12.3. The fourth-order valence-electron chi connectivity index (χ4n) is 1.49. The second-order valence-electron chi connectivity index (χ2n) is 3.81. The monoisotopic (exact) mass is 365 g/mol. The summed E-state index contributed by atoms with van der Waals surface area (Å²) in [7, 11) is 0. The molecule has 0 bridgehead atoms. The van der Waals surface area contributed by atoms with Gasteiger partial charge in [0.2, 0.25) is 5.12 Å². The molecule has 0 fully saturated rings. The Morgan fingerprint density at radius 2 is 1.76 bits per heavy atom. The zero-order valence-corrected chi connectivity index (χ0v) is 14.5. The number of nitriles is 1. The molecule has 2 heterocycles. The number of carbonyl (C=O) groups is 1. The molecule has 3 rings (SSSR count). The van der Waals surface area contributed by atoms with Gasteiger partial charge in [0.15, 0.2) is 0 Å². The number of thioether (sulfide) groups is 5. The van der Waals surface area contributed by atoms with E-state index < -0.39 is 0 Å². The second-order valence-corrected chi connectivity index (χ2v) is 9.14. The lowest BCUT2D eigenvalue weighted by atomic mass is 10.2. The van der Waals surface area contributed by atoms with Gasteiger partial charge in [0, 0.05) is 4.90 Å². The van der Waals surface area contributed by atoms with Crippen LogP contribution in [0.1, 0.15) is 5.56 Å². The molecule has 0 atom stereocenters. The molecular formula is C14H7NOS5. The predicted octanol–water partition coefficient (Wildman–Crippen LogP) is 5.58. The number of hydrogen-bond donors (Lipinski definition) is 0. The third-order valence-corrected chi connectivity index (χ3v) is 8.51. The van der Waals surface area contributed by atoms with Gasteiger partial charge in [0.1, 0.15) is 0 Å². The molecule has 7 heteroatoms. The molecule has 0 radical (unpaired) electrons. The molecule has 0 unspecified atom stereocenters. The van der Waals surface area contributed by atoms with E-state index in [-0.39, 0.29) is 5.12 Å². The van der Waals surface area contributed by atoms with Crippen LogP contribution in [0.25, 0.3) is 0 Å². The van der Waals surface area contributed by atoms with Gasteiger partial charge in [-0.15, -0.1) is 0 Å². The van der Waals surface area contributed by atoms with Gasteiger partial charge in [0.25, 0.3) is 0 Å². The number of hydrogen-bond acceptors (Lipinski definition) is 7. The summed E-state index contributed by atoms with van der Waals surface area (Å²) in [5.41, 5.74) is 0.603. The molecule has 0 saturated heterocycles. The Kier molecular flexibility index (Phi) is 5.14. The van der Waals surface area contributed by atoms with Crippen molar-refractivity contribution in [2.45, 2.75) is 4.90 Å². The van der Waals surface area contributed by atoms with E-state index in [4.69, 9.17) is 5.26 Å². The predicted molar refractivity (Wildman–Crippen MR) is 96.6 cm³/mol. The van der Waals surface area contributed by atoms with Crippen LogP contribution in [0.15, 0.2) is 58.8 Å². The van der Waals surface area contributed by atoms with Crippen LogP contribution in [0.4, 0.5) is 0 Å². The highest BCUT2D eigenvalue weighted by Gasteiger charge is 2.23. The summed E-state index contributed by atoms with van der Waals surface area (Å²) in [6.45, 7) is 0. The molecule has 0 spiro atoms. The minimum Gasteiger partial charge on any atom is -0.281 e. The highest BCUT2D eigenvalue weighted by Crippen LogP contribution is 2.54. The van der Waals surface area contributed by atoms with Gasteiger partial charge in [0.05, 0.1) is 25.0 Å². The Bertz CT molecular complexity index is 702. The molecule has 0 saturated carbocycles. The van der Waals surface area contributed by atoms with Crippen molar-refractivity contribution in [1.29, 1.82) is 5.26 Å². The molecule has 104 valence electrons. The van der Waals surface area contributed by atoms with Gasteiger partial charge in [-0.05, 0) is 52.3 Å². The van der Waals surface area contributed by atoms with Crippen LogP contribution in [0.2, 0.25) is 0 Å². The molecule has 21 heavy (non-hydrogen) atoms. The molecule has 2 aliphatic rings. The van der Waals surface area contributed by atoms with Crippen LogP contribution in [0.5, 0.6) is 0 Å². The topological polar surface area (TPSA) is 40.9 Å². The van der Waals surface area contributed by atoms with Gasteiger partial charge in [-0.2, -0.15) is 5.26 Å². The van der Waals surface area contributed by atoms with E-state index in [0.717, 1.165) is 9.80 Å². The summed E-state index contributed by atoms with van der Waals surface area (Å²) in [5, 5.41) is 14.8. The lowest BCUT2D eigenvalue weighted by molar-refractivity contribution is -0.107. The summed E-state index contributed by atoms with van der Waals surface area (Å²) < 4.78 is 2.42. The lowest BCUT2D eigenvalue weighted by Crippen LogP contribution is -1.91. The third kappa shape index (κ3) is 3.76. The Hall–Kier alpha value is -0.650. The molecule has 0 aliphatic carbocycles. The number of benzene rings is 1. The van der Waals surface area contributed by atoms with E-state index in [1.807, 2.05) is 5.41 Å². The quantitative estimate of drug-likeness (QED) is 0.634. The molecule has 0 amide bonds. The van der Waals surface area contributed by atoms with Gasteiger partial charge < -0.3 is 0 Å². The maximum absolute atomic E-state index is 12.3. The van der Waals surface area contributed by atoms with E-state index in [9.17, 15) is 4.79 Å². The molecule has 1 aromatic carbocycles. The standard InChI is InChI=1S/C14H7NOS5/c15-7-9-1-3-10(4-2-9)20-12(16)11-8-19-14(21-11)13-17-5-6-18-13/h1-6,8H. The smallest absolute Gasteiger partial charge is 0.231 e. The molecule has 2 nitrogen and oxygen atoms in total. The first-order chi connectivity index (χ1) is 10.3. The zero-order valence-electron chi connectivity index (χ0n) is 10.4. The van der Waals surface area contributed by atoms with Crippen LogP contribution in [-0.2, 0) is 4.79 Å². The normalized spacial score (nSPS) is 17.0. The molecular weight excluding hydrogens is 358 g/mol. The minimum absolute atomic E-state index is 0.0498. The summed E-state index contributed by atoms with van der Waals surface area (Å²) in [6, 6.07) is 9.14. The first kappa shape index (κ1) is 15.3. The van der Waals surface area contributed by atoms with Crippen LogP contribution < -0.4 is 0 Å². The van der Waals surface area contributed by atoms with Gasteiger partial charge in [-0.25, -0.2) is 0 Å². The van der Waals surface area contributed by atoms with Crippen molar-refractivity contribution in [3.63, 3.8) is 0 Å². The van der Waals surface area contributed by atoms with Crippen LogP contribution in [0, 0.1) is 11.3 Å². The second kappa shape index (κ2) is 7.07. The first-order valence-electron chi connectivity index (χ1n) is 5.76. The highest BCUT2D eigenvalue weighted by molar-refractivity contribution is 8.34. The molecule has 0 aromatic heterocycles. The lowest BCUT2D eigenvalue weighted by Gasteiger charge is -2.02. The van der Waals surface area contributed by atoms with E-state index in [2.05, 4.69) is 16.9 Å². The van der Waals surface area contributed by atoms with Crippen LogP contribution in [-0.4, -0.2) is 5.12 Å². The fraction of sp³-hybridized carbons (Fsp3) is 0.